The molecule has 4 nitrogen and oxygen atoms in total. The van der Waals surface area contributed by atoms with Crippen LogP contribution in [0.4, 0.5) is 34.1 Å². The summed E-state index contributed by atoms with van der Waals surface area (Å²) in [6.45, 7) is 2.31. The van der Waals surface area contributed by atoms with Gasteiger partial charge in [-0.05, 0) is 109 Å². The molecule has 0 radical (unpaired) electrons. The van der Waals surface area contributed by atoms with E-state index in [-0.39, 0.29) is 6.71 Å². The fraction of sp³-hybridized carbons (Fsp3) is 0.102. The number of para-hydroxylation sites is 5. The van der Waals surface area contributed by atoms with Gasteiger partial charge in [0.15, 0.2) is 11.2 Å². The normalized spacial score (nSPS) is 14.6. The Balaban J connectivity index is 1.17. The number of thiophene rings is 1. The number of hydrogen-bond acceptors (Lipinski definition) is 5. The number of benzene rings is 7. The summed E-state index contributed by atoms with van der Waals surface area (Å²) in [5, 5.41) is 5.97. The first-order valence-electron chi connectivity index (χ1n) is 19.4. The molecule has 0 fully saturated rings. The van der Waals surface area contributed by atoms with Gasteiger partial charge < -0.3 is 18.6 Å². The Bertz CT molecular complexity index is 3280. The predicted octanol–water partition coefficient (Wildman–Crippen LogP) is 12.0. The van der Waals surface area contributed by atoms with E-state index in [9.17, 15) is 0 Å². The van der Waals surface area contributed by atoms with Crippen molar-refractivity contribution in [3.63, 3.8) is 0 Å². The van der Waals surface area contributed by atoms with E-state index in [1.165, 1.54) is 78.1 Å². The highest BCUT2D eigenvalue weighted by Gasteiger charge is 2.46. The quantitative estimate of drug-likeness (QED) is 0.166. The van der Waals surface area contributed by atoms with Crippen LogP contribution in [0, 0.1) is 6.92 Å². The first kappa shape index (κ1) is 30.1. The van der Waals surface area contributed by atoms with Crippen molar-refractivity contribution in [3.05, 3.63) is 150 Å². The number of hydrogen-bond donors (Lipinski definition) is 0. The molecule has 13 rings (SSSR count). The summed E-state index contributed by atoms with van der Waals surface area (Å²) in [6, 6.07) is 48.8. The molecular weight excluding hydrogens is 691 g/mol. The Labute approximate surface area is 321 Å². The fourth-order valence-electron chi connectivity index (χ4n) is 10.2. The second kappa shape index (κ2) is 10.9. The smallest absolute Gasteiger partial charge is 0.264 e. The molecule has 3 aliphatic rings. The predicted molar refractivity (Wildman–Crippen MR) is 232 cm³/mol. The third kappa shape index (κ3) is 3.97. The molecule has 7 aromatic carbocycles. The average molecular weight is 725 g/mol. The van der Waals surface area contributed by atoms with Gasteiger partial charge in [0, 0.05) is 53.5 Å². The summed E-state index contributed by atoms with van der Waals surface area (Å²) in [4.78, 5) is 5.06. The van der Waals surface area contributed by atoms with E-state index in [1.54, 1.807) is 0 Å². The lowest BCUT2D eigenvalue weighted by Crippen LogP contribution is -2.60. The van der Waals surface area contributed by atoms with Crippen molar-refractivity contribution in [2.75, 3.05) is 9.80 Å². The Morgan fingerprint density at radius 1 is 0.564 bits per heavy atom. The van der Waals surface area contributed by atoms with Crippen LogP contribution in [0.2, 0.25) is 0 Å². The molecule has 0 atom stereocenters. The fourth-order valence-corrected chi connectivity index (χ4v) is 11.6. The Morgan fingerprint density at radius 3 is 1.91 bits per heavy atom. The first-order valence-corrected chi connectivity index (χ1v) is 20.2. The molecule has 5 heterocycles. The number of anilines is 6. The molecule has 0 saturated heterocycles. The van der Waals surface area contributed by atoms with E-state index in [2.05, 4.69) is 150 Å². The van der Waals surface area contributed by atoms with Crippen LogP contribution in [0.25, 0.3) is 54.0 Å². The summed E-state index contributed by atoms with van der Waals surface area (Å²) in [5.74, 6) is 0. The standard InChI is InChI=1S/C49H33BN2O2S/c1-28-26-39-45-40(27-28)52(38-21-11-17-34-32-15-5-9-23-42(32)54-48(34)38)46-44-30-13-3-2-12-29(30)24-25-43(44)55-49(46)50(45)35-18-6-7-19-36(35)51(39)37-20-10-16-33-31-14-4-8-22-41(31)53-47(33)37/h4-11,14-27H,2-3,12-13H2,1H3. The summed E-state index contributed by atoms with van der Waals surface area (Å²) < 4.78 is 16.4. The molecule has 0 spiro atoms. The van der Waals surface area contributed by atoms with E-state index < -0.39 is 0 Å². The average Bonchev–Trinajstić information content (AvgIpc) is 3.93. The summed E-state index contributed by atoms with van der Waals surface area (Å²) in [5.41, 5.74) is 17.6. The van der Waals surface area contributed by atoms with E-state index >= 15 is 0 Å². The van der Waals surface area contributed by atoms with Gasteiger partial charge in [-0.3, -0.25) is 0 Å². The molecule has 0 N–H and O–H groups in total. The summed E-state index contributed by atoms with van der Waals surface area (Å²) in [6.07, 6.45) is 4.73. The molecule has 3 aromatic heterocycles. The lowest BCUT2D eigenvalue weighted by atomic mass is 9.36. The molecule has 260 valence electrons. The lowest BCUT2D eigenvalue weighted by Gasteiger charge is -2.43. The molecule has 0 bridgehead atoms. The molecule has 2 aliphatic heterocycles. The largest absolute Gasteiger partial charge is 0.454 e. The zero-order valence-electron chi connectivity index (χ0n) is 30.2. The highest BCUT2D eigenvalue weighted by Crippen LogP contribution is 2.52. The molecule has 0 saturated carbocycles. The lowest BCUT2D eigenvalue weighted by molar-refractivity contribution is 0.669. The van der Waals surface area contributed by atoms with Crippen LogP contribution in [-0.2, 0) is 12.8 Å². The van der Waals surface area contributed by atoms with Gasteiger partial charge in [0.25, 0.3) is 6.71 Å². The van der Waals surface area contributed by atoms with Gasteiger partial charge in [-0.15, -0.1) is 11.3 Å². The van der Waals surface area contributed by atoms with Crippen LogP contribution in [0.1, 0.15) is 29.5 Å². The van der Waals surface area contributed by atoms with Crippen LogP contribution >= 0.6 is 11.3 Å². The van der Waals surface area contributed by atoms with Gasteiger partial charge in [0.05, 0.1) is 17.1 Å². The van der Waals surface area contributed by atoms with Crippen molar-refractivity contribution in [1.82, 2.24) is 0 Å². The summed E-state index contributed by atoms with van der Waals surface area (Å²) in [7, 11) is 0. The minimum absolute atomic E-state index is 0.0608. The molecule has 1 aliphatic carbocycles. The minimum Gasteiger partial charge on any atom is -0.454 e. The number of fused-ring (bicyclic) bond motifs is 14. The highest BCUT2D eigenvalue weighted by atomic mass is 32.1. The van der Waals surface area contributed by atoms with Crippen LogP contribution < -0.4 is 25.5 Å². The highest BCUT2D eigenvalue weighted by molar-refractivity contribution is 7.33. The van der Waals surface area contributed by atoms with Gasteiger partial charge in [0.1, 0.15) is 11.2 Å². The third-order valence-electron chi connectivity index (χ3n) is 12.5. The van der Waals surface area contributed by atoms with Crippen molar-refractivity contribution in [3.8, 4) is 0 Å². The molecule has 10 aromatic rings. The maximum absolute atomic E-state index is 6.86. The number of nitrogens with zero attached hydrogens (tertiary/aromatic N) is 2. The molecule has 0 unspecified atom stereocenters. The van der Waals surface area contributed by atoms with Crippen LogP contribution in [0.3, 0.4) is 0 Å². The monoisotopic (exact) mass is 724 g/mol. The van der Waals surface area contributed by atoms with Gasteiger partial charge in [0.2, 0.25) is 0 Å². The number of aryl methyl sites for hydroxylation is 3. The van der Waals surface area contributed by atoms with E-state index in [0.717, 1.165) is 68.1 Å². The molecule has 6 heteroatoms. The van der Waals surface area contributed by atoms with Gasteiger partial charge in [-0.1, -0.05) is 84.9 Å². The number of furan rings is 2. The maximum atomic E-state index is 6.86. The Hall–Kier alpha value is -6.24. The third-order valence-corrected chi connectivity index (χ3v) is 13.7. The van der Waals surface area contributed by atoms with Gasteiger partial charge in [-0.2, -0.15) is 0 Å². The summed E-state index contributed by atoms with van der Waals surface area (Å²) >= 11 is 1.98. The Kier molecular flexibility index (Phi) is 5.99. The van der Waals surface area contributed by atoms with E-state index in [1.807, 2.05) is 11.3 Å². The van der Waals surface area contributed by atoms with Crippen molar-refractivity contribution in [2.24, 2.45) is 0 Å². The minimum atomic E-state index is 0.0608. The Morgan fingerprint density at radius 2 is 1.16 bits per heavy atom. The van der Waals surface area contributed by atoms with Crippen molar-refractivity contribution < 1.29 is 8.83 Å². The van der Waals surface area contributed by atoms with Crippen molar-refractivity contribution in [2.45, 2.75) is 32.6 Å². The van der Waals surface area contributed by atoms with Gasteiger partial charge >= 0.3 is 0 Å². The number of rotatable bonds is 2. The van der Waals surface area contributed by atoms with Gasteiger partial charge in [-0.25, -0.2) is 0 Å². The van der Waals surface area contributed by atoms with E-state index in [0.29, 0.717) is 0 Å². The first-order chi connectivity index (χ1) is 27.2. The van der Waals surface area contributed by atoms with Crippen LogP contribution in [-0.4, -0.2) is 6.71 Å². The second-order valence-corrected chi connectivity index (χ2v) is 16.6. The second-order valence-electron chi connectivity index (χ2n) is 15.5. The molecule has 55 heavy (non-hydrogen) atoms. The zero-order valence-corrected chi connectivity index (χ0v) is 31.0. The maximum Gasteiger partial charge on any atom is 0.264 e. The molecular formula is C49H33BN2O2S. The van der Waals surface area contributed by atoms with Crippen molar-refractivity contribution >= 4 is 122 Å². The van der Waals surface area contributed by atoms with Crippen LogP contribution in [0.5, 0.6) is 0 Å². The van der Waals surface area contributed by atoms with Crippen LogP contribution in [0.15, 0.2) is 142 Å². The molecule has 0 amide bonds. The SMILES string of the molecule is Cc1cc2c3c(c1)N(c1cccc4c1oc1ccccc14)c1c(sc4ccc5c(c14)CCCC5)B3c1ccccc1N2c1cccc2c1oc1ccccc12. The zero-order chi connectivity index (χ0) is 35.9. The topological polar surface area (TPSA) is 32.8 Å². The van der Waals surface area contributed by atoms with Crippen molar-refractivity contribution in [1.29, 1.82) is 0 Å². The van der Waals surface area contributed by atoms with E-state index in [4.69, 9.17) is 8.83 Å².